The molecule has 0 spiro atoms. The van der Waals surface area contributed by atoms with E-state index in [1.165, 1.54) is 0 Å². The van der Waals surface area contributed by atoms with Crippen molar-refractivity contribution in [2.75, 3.05) is 13.9 Å². The first-order valence-electron chi connectivity index (χ1n) is 10.3. The van der Waals surface area contributed by atoms with Crippen LogP contribution in [0.1, 0.15) is 28.3 Å². The molecule has 166 valence electrons. The summed E-state index contributed by atoms with van der Waals surface area (Å²) in [5.74, 6) is 1.71. The van der Waals surface area contributed by atoms with Crippen LogP contribution in [0.2, 0.25) is 0 Å². The number of pyridine rings is 1. The van der Waals surface area contributed by atoms with Gasteiger partial charge in [-0.15, -0.1) is 0 Å². The summed E-state index contributed by atoms with van der Waals surface area (Å²) in [5, 5.41) is 9.83. The molecule has 2 aliphatic heterocycles. The number of aryl methyl sites for hydroxylation is 1. The molecule has 0 saturated heterocycles. The number of rotatable bonds is 4. The molecule has 0 amide bonds. The highest BCUT2D eigenvalue weighted by molar-refractivity contribution is 5.56. The van der Waals surface area contributed by atoms with Gasteiger partial charge < -0.3 is 29.2 Å². The normalized spacial score (nSPS) is 16.1. The minimum atomic E-state index is -0.652. The van der Waals surface area contributed by atoms with Crippen LogP contribution >= 0.6 is 0 Å². The minimum absolute atomic E-state index is 0.00172. The van der Waals surface area contributed by atoms with E-state index in [0.29, 0.717) is 40.8 Å². The zero-order chi connectivity index (χ0) is 23.1. The van der Waals surface area contributed by atoms with Crippen LogP contribution in [0.5, 0.6) is 23.0 Å². The summed E-state index contributed by atoms with van der Waals surface area (Å²) >= 11 is 0. The lowest BCUT2D eigenvalue weighted by molar-refractivity contribution is 0.174. The third-order valence-electron chi connectivity index (χ3n) is 5.92. The number of allylic oxidation sites excluding steroid dienone is 1. The summed E-state index contributed by atoms with van der Waals surface area (Å²) in [6, 6.07) is 16.7. The Kier molecular flexibility index (Phi) is 4.94. The second-order valence-electron chi connectivity index (χ2n) is 7.84. The van der Waals surface area contributed by atoms with Gasteiger partial charge in [0.2, 0.25) is 12.7 Å². The Morgan fingerprint density at radius 1 is 1.12 bits per heavy atom. The fourth-order valence-electron chi connectivity index (χ4n) is 4.23. The molecule has 2 aromatic carbocycles. The number of benzene rings is 2. The molecule has 8 heteroatoms. The molecule has 0 radical (unpaired) electrons. The summed E-state index contributed by atoms with van der Waals surface area (Å²) in [7, 11) is 1.58. The summed E-state index contributed by atoms with van der Waals surface area (Å²) in [5.41, 5.74) is 8.74. The predicted molar refractivity (Wildman–Crippen MR) is 119 cm³/mol. The number of hydrogen-bond donors (Lipinski definition) is 1. The summed E-state index contributed by atoms with van der Waals surface area (Å²) < 4.78 is 23.5. The van der Waals surface area contributed by atoms with Crippen LogP contribution in [-0.4, -0.2) is 18.5 Å². The fraction of sp³-hybridized carbons (Fsp3) is 0.200. The minimum Gasteiger partial charge on any atom is -0.497 e. The van der Waals surface area contributed by atoms with E-state index in [-0.39, 0.29) is 23.8 Å². The molecule has 5 rings (SSSR count). The molecule has 33 heavy (non-hydrogen) atoms. The van der Waals surface area contributed by atoms with Gasteiger partial charge in [0.15, 0.2) is 11.5 Å². The van der Waals surface area contributed by atoms with Crippen molar-refractivity contribution in [3.8, 4) is 29.1 Å². The van der Waals surface area contributed by atoms with Gasteiger partial charge in [0.05, 0.1) is 25.1 Å². The molecule has 2 N–H and O–H groups in total. The van der Waals surface area contributed by atoms with Crippen molar-refractivity contribution in [1.82, 2.24) is 4.57 Å². The molecule has 1 aromatic heterocycles. The topological polar surface area (TPSA) is 109 Å². The van der Waals surface area contributed by atoms with Gasteiger partial charge in [-0.25, -0.2) is 0 Å². The highest BCUT2D eigenvalue weighted by Gasteiger charge is 2.34. The molecule has 3 aromatic rings. The Balaban J connectivity index is 1.63. The van der Waals surface area contributed by atoms with E-state index in [1.807, 2.05) is 37.3 Å². The molecular weight excluding hydrogens is 422 g/mol. The molecule has 3 heterocycles. The van der Waals surface area contributed by atoms with Crippen LogP contribution in [0.15, 0.2) is 64.8 Å². The van der Waals surface area contributed by atoms with Crippen molar-refractivity contribution in [2.24, 2.45) is 5.73 Å². The van der Waals surface area contributed by atoms with Crippen molar-refractivity contribution in [3.63, 3.8) is 0 Å². The van der Waals surface area contributed by atoms with Crippen molar-refractivity contribution >= 4 is 0 Å². The Labute approximate surface area is 190 Å². The molecule has 2 aliphatic rings. The third-order valence-corrected chi connectivity index (χ3v) is 5.92. The van der Waals surface area contributed by atoms with Crippen LogP contribution < -0.4 is 30.2 Å². The highest BCUT2D eigenvalue weighted by Crippen LogP contribution is 2.41. The van der Waals surface area contributed by atoms with Gasteiger partial charge in [0.25, 0.3) is 5.56 Å². The lowest BCUT2D eigenvalue weighted by Crippen LogP contribution is -2.33. The molecule has 0 saturated carbocycles. The van der Waals surface area contributed by atoms with Crippen molar-refractivity contribution in [3.05, 3.63) is 92.7 Å². The first-order valence-corrected chi connectivity index (χ1v) is 10.3. The second-order valence-corrected chi connectivity index (χ2v) is 7.84. The Bertz CT molecular complexity index is 1380. The van der Waals surface area contributed by atoms with Gasteiger partial charge in [-0.05, 0) is 42.3 Å². The maximum atomic E-state index is 13.8. The van der Waals surface area contributed by atoms with Crippen LogP contribution in [0, 0.1) is 18.3 Å². The Hall–Kier alpha value is -4.38. The van der Waals surface area contributed by atoms with Crippen molar-refractivity contribution in [2.45, 2.75) is 19.4 Å². The third kappa shape index (κ3) is 3.44. The van der Waals surface area contributed by atoms with Gasteiger partial charge in [0, 0.05) is 11.8 Å². The zero-order valence-electron chi connectivity index (χ0n) is 18.1. The van der Waals surface area contributed by atoms with Gasteiger partial charge in [0.1, 0.15) is 23.1 Å². The van der Waals surface area contributed by atoms with Gasteiger partial charge in [-0.2, -0.15) is 5.26 Å². The van der Waals surface area contributed by atoms with Crippen molar-refractivity contribution in [1.29, 1.82) is 5.26 Å². The molecule has 1 unspecified atom stereocenters. The fourth-order valence-corrected chi connectivity index (χ4v) is 4.23. The maximum absolute atomic E-state index is 13.8. The number of fused-ring (bicyclic) bond motifs is 2. The van der Waals surface area contributed by atoms with Gasteiger partial charge in [-0.3, -0.25) is 4.79 Å². The molecule has 0 bridgehead atoms. The van der Waals surface area contributed by atoms with Crippen molar-refractivity contribution < 1.29 is 18.9 Å². The SMILES string of the molecule is COc1ccc(C2C(C#N)=C(N)Oc3cc(C)n(Cc4ccc5c(c4)OCO5)c(=O)c32)cc1. The molecule has 0 fully saturated rings. The Morgan fingerprint density at radius 2 is 1.88 bits per heavy atom. The van der Waals surface area contributed by atoms with E-state index in [9.17, 15) is 10.1 Å². The summed E-state index contributed by atoms with van der Waals surface area (Å²) in [6.07, 6.45) is 0. The number of ether oxygens (including phenoxy) is 4. The number of aromatic nitrogens is 1. The summed E-state index contributed by atoms with van der Waals surface area (Å²) in [6.45, 7) is 2.34. The molecular formula is C25H21N3O5. The standard InChI is InChI=1S/C25H21N3O5/c1-14-9-21-23(25(29)28(14)12-15-3-8-19-20(10-15)32-13-31-19)22(18(11-26)24(27)33-21)16-4-6-17(30-2)7-5-16/h3-10,22H,12-13,27H2,1-2H3. The second kappa shape index (κ2) is 7.95. The van der Waals surface area contributed by atoms with E-state index < -0.39 is 5.92 Å². The van der Waals surface area contributed by atoms with E-state index in [0.717, 1.165) is 11.1 Å². The van der Waals surface area contributed by atoms with E-state index in [4.69, 9.17) is 24.7 Å². The monoisotopic (exact) mass is 443 g/mol. The van der Waals surface area contributed by atoms with Gasteiger partial charge >= 0.3 is 0 Å². The number of methoxy groups -OCH3 is 1. The highest BCUT2D eigenvalue weighted by atomic mass is 16.7. The lowest BCUT2D eigenvalue weighted by Gasteiger charge is -2.27. The predicted octanol–water partition coefficient (Wildman–Crippen LogP) is 3.16. The van der Waals surface area contributed by atoms with Crippen LogP contribution in [0.25, 0.3) is 0 Å². The van der Waals surface area contributed by atoms with E-state index >= 15 is 0 Å². The van der Waals surface area contributed by atoms with Gasteiger partial charge in [-0.1, -0.05) is 18.2 Å². The number of hydrogen-bond acceptors (Lipinski definition) is 7. The van der Waals surface area contributed by atoms with Crippen LogP contribution in [0.4, 0.5) is 0 Å². The molecule has 8 nitrogen and oxygen atoms in total. The van der Waals surface area contributed by atoms with E-state index in [1.54, 1.807) is 29.9 Å². The first kappa shape index (κ1) is 20.5. The average Bonchev–Trinajstić information content (AvgIpc) is 3.29. The molecule has 0 aliphatic carbocycles. The smallest absolute Gasteiger partial charge is 0.259 e. The quantitative estimate of drug-likeness (QED) is 0.660. The molecule has 1 atom stereocenters. The largest absolute Gasteiger partial charge is 0.497 e. The van der Waals surface area contributed by atoms with Crippen LogP contribution in [0.3, 0.4) is 0 Å². The number of nitrogens with zero attached hydrogens (tertiary/aromatic N) is 2. The lowest BCUT2D eigenvalue weighted by atomic mass is 9.84. The zero-order valence-corrected chi connectivity index (χ0v) is 18.1. The summed E-state index contributed by atoms with van der Waals surface area (Å²) in [4.78, 5) is 13.8. The Morgan fingerprint density at radius 3 is 2.61 bits per heavy atom. The maximum Gasteiger partial charge on any atom is 0.259 e. The average molecular weight is 443 g/mol. The van der Waals surface area contributed by atoms with E-state index in [2.05, 4.69) is 6.07 Å². The number of nitriles is 1. The number of nitrogens with two attached hydrogens (primary N) is 1. The first-order chi connectivity index (χ1) is 16.0. The van der Waals surface area contributed by atoms with Crippen LogP contribution in [-0.2, 0) is 6.54 Å².